The first-order valence-corrected chi connectivity index (χ1v) is 6.96. The molecular weight excluding hydrogens is 262 g/mol. The Morgan fingerprint density at radius 1 is 0.952 bits per heavy atom. The van der Waals surface area contributed by atoms with Crippen LogP contribution in [0.3, 0.4) is 0 Å². The van der Waals surface area contributed by atoms with Gasteiger partial charge < -0.3 is 4.90 Å². The van der Waals surface area contributed by atoms with E-state index in [-0.39, 0.29) is 24.2 Å². The molecule has 21 heavy (non-hydrogen) atoms. The van der Waals surface area contributed by atoms with Gasteiger partial charge in [0.15, 0.2) is 5.78 Å². The Balaban J connectivity index is 2.25. The van der Waals surface area contributed by atoms with Gasteiger partial charge in [-0.1, -0.05) is 60.7 Å². The second-order valence-electron chi connectivity index (χ2n) is 5.05. The lowest BCUT2D eigenvalue weighted by molar-refractivity contribution is -0.129. The first kappa shape index (κ1) is 15.0. The highest BCUT2D eigenvalue weighted by molar-refractivity contribution is 5.96. The minimum Gasteiger partial charge on any atom is -0.338 e. The van der Waals surface area contributed by atoms with Crippen LogP contribution in [0.15, 0.2) is 60.7 Å². The molecule has 3 heteroatoms. The highest BCUT2D eigenvalue weighted by Crippen LogP contribution is 2.25. The van der Waals surface area contributed by atoms with Crippen LogP contribution in [0.2, 0.25) is 0 Å². The molecule has 1 atom stereocenters. The Hall–Kier alpha value is -2.42. The van der Waals surface area contributed by atoms with Crippen molar-refractivity contribution < 1.29 is 9.59 Å². The molecule has 0 N–H and O–H groups in total. The van der Waals surface area contributed by atoms with E-state index in [2.05, 4.69) is 0 Å². The molecule has 0 heterocycles. The Kier molecular flexibility index (Phi) is 4.88. The quantitative estimate of drug-likeness (QED) is 0.787. The molecular formula is C18H19NO2. The summed E-state index contributed by atoms with van der Waals surface area (Å²) in [6.45, 7) is 1.52. The third-order valence-corrected chi connectivity index (χ3v) is 3.62. The Morgan fingerprint density at radius 3 is 2.00 bits per heavy atom. The smallest absolute Gasteiger partial charge is 0.219 e. The molecule has 0 saturated heterocycles. The van der Waals surface area contributed by atoms with Gasteiger partial charge in [-0.25, -0.2) is 0 Å². The van der Waals surface area contributed by atoms with Crippen LogP contribution in [0, 0.1) is 0 Å². The molecule has 2 aromatic carbocycles. The summed E-state index contributed by atoms with van der Waals surface area (Å²) in [6, 6.07) is 18.6. The summed E-state index contributed by atoms with van der Waals surface area (Å²) in [5, 5.41) is 0. The maximum Gasteiger partial charge on any atom is 0.219 e. The van der Waals surface area contributed by atoms with E-state index in [0.717, 1.165) is 5.56 Å². The topological polar surface area (TPSA) is 37.4 Å². The second kappa shape index (κ2) is 6.84. The Bertz CT molecular complexity index is 608. The fourth-order valence-electron chi connectivity index (χ4n) is 2.29. The predicted octanol–water partition coefficient (Wildman–Crippen LogP) is 3.48. The third kappa shape index (κ3) is 3.78. The zero-order valence-corrected chi connectivity index (χ0v) is 12.3. The van der Waals surface area contributed by atoms with E-state index >= 15 is 0 Å². The van der Waals surface area contributed by atoms with Crippen molar-refractivity contribution in [1.82, 2.24) is 4.90 Å². The minimum absolute atomic E-state index is 0.0394. The molecule has 0 saturated carbocycles. The molecule has 1 unspecified atom stereocenters. The van der Waals surface area contributed by atoms with Crippen molar-refractivity contribution >= 4 is 11.7 Å². The van der Waals surface area contributed by atoms with Gasteiger partial charge in [-0.15, -0.1) is 0 Å². The zero-order chi connectivity index (χ0) is 15.2. The number of nitrogens with zero attached hydrogens (tertiary/aromatic N) is 1. The number of rotatable bonds is 5. The number of ketones is 1. The van der Waals surface area contributed by atoms with Crippen molar-refractivity contribution in [2.75, 3.05) is 7.05 Å². The van der Waals surface area contributed by atoms with Gasteiger partial charge in [-0.05, 0) is 5.56 Å². The van der Waals surface area contributed by atoms with E-state index in [1.54, 1.807) is 24.1 Å². The summed E-state index contributed by atoms with van der Waals surface area (Å²) in [5.74, 6) is -0.0118. The molecule has 0 aliphatic carbocycles. The summed E-state index contributed by atoms with van der Waals surface area (Å²) >= 11 is 0. The maximum absolute atomic E-state index is 12.4. The van der Waals surface area contributed by atoms with E-state index in [1.807, 2.05) is 48.5 Å². The van der Waals surface area contributed by atoms with E-state index < -0.39 is 0 Å². The highest BCUT2D eigenvalue weighted by atomic mass is 16.2. The monoisotopic (exact) mass is 281 g/mol. The number of amides is 1. The average molecular weight is 281 g/mol. The van der Waals surface area contributed by atoms with Gasteiger partial charge in [0.05, 0.1) is 6.04 Å². The molecule has 2 aromatic rings. The van der Waals surface area contributed by atoms with Gasteiger partial charge in [-0.2, -0.15) is 0 Å². The molecule has 0 bridgehead atoms. The summed E-state index contributed by atoms with van der Waals surface area (Å²) < 4.78 is 0. The first-order chi connectivity index (χ1) is 10.1. The average Bonchev–Trinajstić information content (AvgIpc) is 2.53. The first-order valence-electron chi connectivity index (χ1n) is 6.96. The molecule has 0 radical (unpaired) electrons. The standard InChI is InChI=1S/C18H19NO2/c1-14(20)19(2)17(15-9-5-3-6-10-15)13-18(21)16-11-7-4-8-12-16/h3-12,17H,13H2,1-2H3. The molecule has 2 rings (SSSR count). The Labute approximate surface area is 125 Å². The molecule has 1 amide bonds. The van der Waals surface area contributed by atoms with Gasteiger partial charge in [0, 0.05) is 26.0 Å². The summed E-state index contributed by atoms with van der Waals surface area (Å²) in [5.41, 5.74) is 1.65. The van der Waals surface area contributed by atoms with Gasteiger partial charge in [0.25, 0.3) is 0 Å². The van der Waals surface area contributed by atoms with Gasteiger partial charge in [0.1, 0.15) is 0 Å². The van der Waals surface area contributed by atoms with Crippen LogP contribution in [0.5, 0.6) is 0 Å². The lowest BCUT2D eigenvalue weighted by Crippen LogP contribution is -2.30. The Morgan fingerprint density at radius 2 is 1.48 bits per heavy atom. The molecule has 0 aliphatic rings. The lowest BCUT2D eigenvalue weighted by atomic mass is 9.97. The van der Waals surface area contributed by atoms with Gasteiger partial charge in [-0.3, -0.25) is 9.59 Å². The van der Waals surface area contributed by atoms with Crippen LogP contribution in [0.4, 0.5) is 0 Å². The molecule has 108 valence electrons. The minimum atomic E-state index is -0.239. The van der Waals surface area contributed by atoms with E-state index in [4.69, 9.17) is 0 Å². The van der Waals surface area contributed by atoms with Crippen LogP contribution in [-0.2, 0) is 4.79 Å². The maximum atomic E-state index is 12.4. The van der Waals surface area contributed by atoms with Crippen molar-refractivity contribution in [1.29, 1.82) is 0 Å². The fourth-order valence-corrected chi connectivity index (χ4v) is 2.29. The predicted molar refractivity (Wildman–Crippen MR) is 83.0 cm³/mol. The molecule has 0 aliphatic heterocycles. The van der Waals surface area contributed by atoms with Gasteiger partial charge >= 0.3 is 0 Å². The van der Waals surface area contributed by atoms with Gasteiger partial charge in [0.2, 0.25) is 5.91 Å². The number of benzene rings is 2. The van der Waals surface area contributed by atoms with Crippen molar-refractivity contribution in [2.45, 2.75) is 19.4 Å². The highest BCUT2D eigenvalue weighted by Gasteiger charge is 2.22. The molecule has 3 nitrogen and oxygen atoms in total. The van der Waals surface area contributed by atoms with Crippen LogP contribution < -0.4 is 0 Å². The van der Waals surface area contributed by atoms with E-state index in [0.29, 0.717) is 5.56 Å². The molecule has 0 fully saturated rings. The zero-order valence-electron chi connectivity index (χ0n) is 12.3. The van der Waals surface area contributed by atoms with Crippen LogP contribution in [0.1, 0.15) is 35.3 Å². The summed E-state index contributed by atoms with van der Waals surface area (Å²) in [6.07, 6.45) is 0.282. The van der Waals surface area contributed by atoms with Crippen molar-refractivity contribution in [3.63, 3.8) is 0 Å². The van der Waals surface area contributed by atoms with Crippen molar-refractivity contribution in [3.05, 3.63) is 71.8 Å². The van der Waals surface area contributed by atoms with Crippen LogP contribution in [-0.4, -0.2) is 23.6 Å². The SMILES string of the molecule is CC(=O)N(C)C(CC(=O)c1ccccc1)c1ccccc1. The summed E-state index contributed by atoms with van der Waals surface area (Å²) in [4.78, 5) is 25.7. The number of hydrogen-bond acceptors (Lipinski definition) is 2. The largest absolute Gasteiger partial charge is 0.338 e. The van der Waals surface area contributed by atoms with E-state index in [9.17, 15) is 9.59 Å². The molecule has 0 aromatic heterocycles. The van der Waals surface area contributed by atoms with Crippen molar-refractivity contribution in [3.8, 4) is 0 Å². The van der Waals surface area contributed by atoms with E-state index in [1.165, 1.54) is 6.92 Å². The summed E-state index contributed by atoms with van der Waals surface area (Å²) in [7, 11) is 1.73. The van der Waals surface area contributed by atoms with Crippen LogP contribution in [0.25, 0.3) is 0 Å². The van der Waals surface area contributed by atoms with Crippen molar-refractivity contribution in [2.24, 2.45) is 0 Å². The fraction of sp³-hybridized carbons (Fsp3) is 0.222. The third-order valence-electron chi connectivity index (χ3n) is 3.62. The second-order valence-corrected chi connectivity index (χ2v) is 5.05. The normalized spacial score (nSPS) is 11.7. The number of hydrogen-bond donors (Lipinski definition) is 0. The lowest BCUT2D eigenvalue weighted by Gasteiger charge is -2.27. The van der Waals surface area contributed by atoms with Crippen LogP contribution >= 0.6 is 0 Å². The number of carbonyl (C=O) groups excluding carboxylic acids is 2. The number of Topliss-reactive ketones (excluding diaryl/α,β-unsaturated/α-hetero) is 1. The molecule has 0 spiro atoms. The number of carbonyl (C=O) groups is 2.